The molecule has 1 saturated heterocycles. The van der Waals surface area contributed by atoms with Crippen LogP contribution in [0.2, 0.25) is 0 Å². The number of primary amides is 1. The Hall–Kier alpha value is -4.26. The maximum absolute atomic E-state index is 13.8. The second-order valence-corrected chi connectivity index (χ2v) is 11.3. The van der Waals surface area contributed by atoms with Crippen molar-refractivity contribution in [3.05, 3.63) is 107 Å². The Kier molecular flexibility index (Phi) is 11.9. The SMILES string of the molecule is C.CC(OC(N)=O)C1CC[C@@](CO[C@H](C)c2cc(C(F)(F)F)cc(C(F)(F)F)c2)(c2ccccc2)N(C(=O)OCc2ccccc2)C1. The molecule has 2 unspecified atom stereocenters. The van der Waals surface area contributed by atoms with Crippen molar-refractivity contribution in [1.82, 2.24) is 4.90 Å². The summed E-state index contributed by atoms with van der Waals surface area (Å²) in [6, 6.07) is 19.0. The molecule has 4 atom stereocenters. The number of nitrogens with two attached hydrogens (primary N) is 1. The van der Waals surface area contributed by atoms with Crippen molar-refractivity contribution < 1.29 is 50.1 Å². The summed E-state index contributed by atoms with van der Waals surface area (Å²) in [4.78, 5) is 26.8. The highest BCUT2D eigenvalue weighted by Crippen LogP contribution is 2.43. The average Bonchev–Trinajstić information content (AvgIpc) is 3.02. The minimum Gasteiger partial charge on any atom is -0.446 e. The molecule has 1 heterocycles. The number of carbonyl (C=O) groups is 2. The van der Waals surface area contributed by atoms with E-state index in [-0.39, 0.29) is 51.2 Å². The van der Waals surface area contributed by atoms with E-state index >= 15 is 0 Å². The van der Waals surface area contributed by atoms with Crippen LogP contribution in [0.1, 0.15) is 68.0 Å². The number of hydrogen-bond acceptors (Lipinski definition) is 5. The predicted octanol–water partition coefficient (Wildman–Crippen LogP) is 8.87. The zero-order valence-corrected chi connectivity index (χ0v) is 25.1. The van der Waals surface area contributed by atoms with E-state index in [1.54, 1.807) is 61.5 Å². The number of alkyl halides is 6. The van der Waals surface area contributed by atoms with Crippen LogP contribution in [0, 0.1) is 5.92 Å². The summed E-state index contributed by atoms with van der Waals surface area (Å²) in [5.41, 5.74) is 2.07. The smallest absolute Gasteiger partial charge is 0.416 e. The van der Waals surface area contributed by atoms with Crippen LogP contribution >= 0.6 is 0 Å². The first kappa shape index (κ1) is 37.2. The summed E-state index contributed by atoms with van der Waals surface area (Å²) in [6.45, 7) is 2.65. The van der Waals surface area contributed by atoms with Gasteiger partial charge in [0.15, 0.2) is 0 Å². The number of amides is 2. The molecule has 0 saturated carbocycles. The number of hydrogen-bond donors (Lipinski definition) is 1. The molecule has 0 bridgehead atoms. The highest BCUT2D eigenvalue weighted by Gasteiger charge is 2.48. The van der Waals surface area contributed by atoms with Crippen molar-refractivity contribution in [2.75, 3.05) is 13.2 Å². The first-order valence-electron chi connectivity index (χ1n) is 14.5. The first-order valence-corrected chi connectivity index (χ1v) is 14.5. The van der Waals surface area contributed by atoms with E-state index in [1.165, 1.54) is 11.8 Å². The van der Waals surface area contributed by atoms with Gasteiger partial charge in [-0.15, -0.1) is 0 Å². The van der Waals surface area contributed by atoms with Gasteiger partial charge in [-0.05, 0) is 61.6 Å². The summed E-state index contributed by atoms with van der Waals surface area (Å²) in [5, 5.41) is 0. The van der Waals surface area contributed by atoms with Gasteiger partial charge >= 0.3 is 24.5 Å². The van der Waals surface area contributed by atoms with Crippen LogP contribution in [0.3, 0.4) is 0 Å². The van der Waals surface area contributed by atoms with Gasteiger partial charge in [0, 0.05) is 12.5 Å². The van der Waals surface area contributed by atoms with E-state index in [0.717, 1.165) is 5.56 Å². The van der Waals surface area contributed by atoms with Gasteiger partial charge in [-0.3, -0.25) is 4.90 Å². The molecule has 0 aromatic heterocycles. The Labute approximate surface area is 269 Å². The largest absolute Gasteiger partial charge is 0.446 e. The summed E-state index contributed by atoms with van der Waals surface area (Å²) in [7, 11) is 0. The molecule has 47 heavy (non-hydrogen) atoms. The highest BCUT2D eigenvalue weighted by atomic mass is 19.4. The Morgan fingerprint density at radius 1 is 0.915 bits per heavy atom. The molecule has 4 rings (SSSR count). The van der Waals surface area contributed by atoms with E-state index in [1.807, 2.05) is 6.07 Å². The van der Waals surface area contributed by atoms with Gasteiger partial charge in [-0.1, -0.05) is 68.1 Å². The van der Waals surface area contributed by atoms with E-state index in [2.05, 4.69) is 0 Å². The Bertz CT molecular complexity index is 1450. The zero-order valence-electron chi connectivity index (χ0n) is 25.1. The lowest BCUT2D eigenvalue weighted by molar-refractivity contribution is -0.143. The third kappa shape index (κ3) is 9.18. The Morgan fingerprint density at radius 2 is 1.47 bits per heavy atom. The lowest BCUT2D eigenvalue weighted by atomic mass is 9.76. The molecule has 2 N–H and O–H groups in total. The maximum Gasteiger partial charge on any atom is 0.416 e. The van der Waals surface area contributed by atoms with Crippen LogP contribution in [0.4, 0.5) is 35.9 Å². The van der Waals surface area contributed by atoms with Crippen LogP contribution in [-0.4, -0.2) is 36.3 Å². The van der Waals surface area contributed by atoms with E-state index in [0.29, 0.717) is 24.1 Å². The van der Waals surface area contributed by atoms with Gasteiger partial charge < -0.3 is 19.9 Å². The standard InChI is InChI=1S/C33H34F6N2O5.CH4/c1-21(25-15-27(32(34,35)36)17-28(16-25)33(37,38)39)45-20-31(26-11-7-4-8-12-26)14-13-24(22(2)46-29(40)42)18-41(31)30(43)44-19-23-9-5-3-6-10-23;/h3-12,15-17,21-22,24H,13-14,18-20H2,1-2H3,(H2,40,42);1H4/t21-,22?,24?,31-;/m1./s1. The summed E-state index contributed by atoms with van der Waals surface area (Å²) < 4.78 is 98.4. The molecular weight excluding hydrogens is 630 g/mol. The van der Waals surface area contributed by atoms with Crippen molar-refractivity contribution in [2.45, 2.75) is 70.8 Å². The minimum atomic E-state index is -5.03. The zero-order chi connectivity index (χ0) is 33.7. The van der Waals surface area contributed by atoms with Crippen molar-refractivity contribution in [3.63, 3.8) is 0 Å². The van der Waals surface area contributed by atoms with Gasteiger partial charge in [-0.25, -0.2) is 9.59 Å². The lowest BCUT2D eigenvalue weighted by Crippen LogP contribution is -2.58. The number of ether oxygens (including phenoxy) is 3. The van der Waals surface area contributed by atoms with E-state index < -0.39 is 53.4 Å². The highest BCUT2D eigenvalue weighted by molar-refractivity contribution is 5.70. The number of carbonyl (C=O) groups excluding carboxylic acids is 2. The predicted molar refractivity (Wildman–Crippen MR) is 162 cm³/mol. The molecule has 1 fully saturated rings. The molecular formula is C34H38F6N2O5. The molecule has 0 aliphatic carbocycles. The Morgan fingerprint density at radius 3 is 2.00 bits per heavy atom. The molecule has 3 aromatic carbocycles. The fourth-order valence-electron chi connectivity index (χ4n) is 5.62. The van der Waals surface area contributed by atoms with Crippen molar-refractivity contribution in [3.8, 4) is 0 Å². The Balaban J connectivity index is 0.00000600. The van der Waals surface area contributed by atoms with Gasteiger partial charge in [0.25, 0.3) is 0 Å². The number of rotatable bonds is 9. The van der Waals surface area contributed by atoms with Crippen LogP contribution in [0.25, 0.3) is 0 Å². The van der Waals surface area contributed by atoms with Crippen LogP contribution in [0.5, 0.6) is 0 Å². The van der Waals surface area contributed by atoms with Crippen molar-refractivity contribution in [1.29, 1.82) is 0 Å². The van der Waals surface area contributed by atoms with Gasteiger partial charge in [-0.2, -0.15) is 26.3 Å². The van der Waals surface area contributed by atoms with Gasteiger partial charge in [0.2, 0.25) is 0 Å². The summed E-state index contributed by atoms with van der Waals surface area (Å²) >= 11 is 0. The minimum absolute atomic E-state index is 0. The molecule has 256 valence electrons. The number of nitrogens with zero attached hydrogens (tertiary/aromatic N) is 1. The van der Waals surface area contributed by atoms with Crippen molar-refractivity contribution in [2.24, 2.45) is 11.7 Å². The molecule has 2 amide bonds. The second kappa shape index (κ2) is 15.1. The molecule has 0 spiro atoms. The van der Waals surface area contributed by atoms with Gasteiger partial charge in [0.05, 0.1) is 29.4 Å². The first-order chi connectivity index (χ1) is 21.6. The molecule has 1 aliphatic heterocycles. The fourth-order valence-corrected chi connectivity index (χ4v) is 5.62. The molecule has 1 aliphatic rings. The van der Waals surface area contributed by atoms with Crippen molar-refractivity contribution >= 4 is 12.2 Å². The monoisotopic (exact) mass is 668 g/mol. The summed E-state index contributed by atoms with van der Waals surface area (Å²) in [6.07, 6.45) is -13.0. The number of piperidine rings is 1. The average molecular weight is 669 g/mol. The molecule has 3 aromatic rings. The summed E-state index contributed by atoms with van der Waals surface area (Å²) in [5.74, 6) is -0.371. The third-order valence-electron chi connectivity index (χ3n) is 8.22. The van der Waals surface area contributed by atoms with Crippen LogP contribution < -0.4 is 5.73 Å². The molecule has 0 radical (unpaired) electrons. The van der Waals surface area contributed by atoms with E-state index in [4.69, 9.17) is 19.9 Å². The number of halogens is 6. The quantitative estimate of drug-likeness (QED) is 0.230. The van der Waals surface area contributed by atoms with Crippen LogP contribution in [0.15, 0.2) is 78.9 Å². The number of benzene rings is 3. The second-order valence-electron chi connectivity index (χ2n) is 11.3. The third-order valence-corrected chi connectivity index (χ3v) is 8.22. The fraction of sp³-hybridized carbons (Fsp3) is 0.412. The molecule has 13 heteroatoms. The number of likely N-dealkylation sites (tertiary alicyclic amines) is 1. The normalized spacial score (nSPS) is 19.7. The molecule has 7 nitrogen and oxygen atoms in total. The van der Waals surface area contributed by atoms with E-state index in [9.17, 15) is 35.9 Å². The lowest BCUT2D eigenvalue weighted by Gasteiger charge is -2.50. The van der Waals surface area contributed by atoms with Gasteiger partial charge in [0.1, 0.15) is 12.7 Å². The maximum atomic E-state index is 13.8. The topological polar surface area (TPSA) is 91.1 Å². The van der Waals surface area contributed by atoms with Crippen LogP contribution in [-0.2, 0) is 38.7 Å².